The number of rotatable bonds is 6. The van der Waals surface area contributed by atoms with Gasteiger partial charge in [0, 0.05) is 25.3 Å². The Morgan fingerprint density at radius 2 is 2.39 bits per heavy atom. The molecule has 0 amide bonds. The highest BCUT2D eigenvalue weighted by Gasteiger charge is 2.24. The minimum absolute atomic E-state index is 0.536. The summed E-state index contributed by atoms with van der Waals surface area (Å²) in [7, 11) is 0. The number of hydrogen-bond acceptors (Lipinski definition) is 4. The van der Waals surface area contributed by atoms with Gasteiger partial charge in [0.1, 0.15) is 0 Å². The second kappa shape index (κ2) is 6.59. The number of aromatic nitrogens is 1. The van der Waals surface area contributed by atoms with Crippen molar-refractivity contribution in [2.24, 2.45) is 0 Å². The molecule has 18 heavy (non-hydrogen) atoms. The number of hydrogen-bond donors (Lipinski definition) is 1. The summed E-state index contributed by atoms with van der Waals surface area (Å²) in [6.45, 7) is 8.15. The second-order valence-electron chi connectivity index (χ2n) is 4.61. The van der Waals surface area contributed by atoms with Crippen LogP contribution in [0.2, 0.25) is 0 Å². The van der Waals surface area contributed by atoms with Crippen molar-refractivity contribution < 1.29 is 4.74 Å². The van der Waals surface area contributed by atoms with E-state index in [9.17, 15) is 0 Å². The maximum Gasteiger partial charge on any atom is 0.171 e. The third-order valence-corrected chi connectivity index (χ3v) is 3.30. The summed E-state index contributed by atoms with van der Waals surface area (Å²) in [5.74, 6) is 1.90. The fourth-order valence-electron chi connectivity index (χ4n) is 2.41. The van der Waals surface area contributed by atoms with Crippen LogP contribution in [0.25, 0.3) is 0 Å². The Labute approximate surface area is 109 Å². The van der Waals surface area contributed by atoms with E-state index in [-0.39, 0.29) is 0 Å². The lowest BCUT2D eigenvalue weighted by atomic mass is 10.2. The SMILES string of the molecule is CCCOc1cccnc1N(CC)C1CCNC1. The largest absolute Gasteiger partial charge is 0.490 e. The van der Waals surface area contributed by atoms with Gasteiger partial charge in [-0.25, -0.2) is 4.98 Å². The van der Waals surface area contributed by atoms with Crippen LogP contribution in [0.3, 0.4) is 0 Å². The molecule has 0 spiro atoms. The molecule has 1 aliphatic heterocycles. The molecule has 4 heteroatoms. The van der Waals surface area contributed by atoms with E-state index in [2.05, 4.69) is 29.0 Å². The third-order valence-electron chi connectivity index (χ3n) is 3.30. The van der Waals surface area contributed by atoms with Gasteiger partial charge < -0.3 is 15.0 Å². The van der Waals surface area contributed by atoms with Crippen LogP contribution in [-0.2, 0) is 0 Å². The van der Waals surface area contributed by atoms with Crippen molar-refractivity contribution in [3.63, 3.8) is 0 Å². The normalized spacial score (nSPS) is 18.9. The monoisotopic (exact) mass is 249 g/mol. The molecular weight excluding hydrogens is 226 g/mol. The molecule has 1 saturated heterocycles. The summed E-state index contributed by atoms with van der Waals surface area (Å²) in [5.41, 5.74) is 0. The lowest BCUT2D eigenvalue weighted by molar-refractivity contribution is 0.316. The van der Waals surface area contributed by atoms with Gasteiger partial charge in [0.2, 0.25) is 0 Å². The second-order valence-corrected chi connectivity index (χ2v) is 4.61. The minimum atomic E-state index is 0.536. The van der Waals surface area contributed by atoms with E-state index >= 15 is 0 Å². The van der Waals surface area contributed by atoms with Gasteiger partial charge in [0.25, 0.3) is 0 Å². The Morgan fingerprint density at radius 3 is 3.06 bits per heavy atom. The number of anilines is 1. The molecule has 2 rings (SSSR count). The maximum atomic E-state index is 5.80. The van der Waals surface area contributed by atoms with Gasteiger partial charge in [-0.3, -0.25) is 0 Å². The van der Waals surface area contributed by atoms with Crippen LogP contribution in [0.1, 0.15) is 26.7 Å². The van der Waals surface area contributed by atoms with Crippen LogP contribution in [-0.4, -0.2) is 37.3 Å². The van der Waals surface area contributed by atoms with Crippen molar-refractivity contribution in [3.05, 3.63) is 18.3 Å². The Bertz CT molecular complexity index is 364. The van der Waals surface area contributed by atoms with Crippen LogP contribution in [0.4, 0.5) is 5.82 Å². The van der Waals surface area contributed by atoms with Crippen LogP contribution in [0.5, 0.6) is 5.75 Å². The van der Waals surface area contributed by atoms with E-state index in [1.807, 2.05) is 18.3 Å². The first kappa shape index (κ1) is 13.1. The van der Waals surface area contributed by atoms with Crippen LogP contribution < -0.4 is 15.0 Å². The lowest BCUT2D eigenvalue weighted by Gasteiger charge is -2.29. The molecule has 0 bridgehead atoms. The molecule has 0 saturated carbocycles. The molecule has 1 aliphatic rings. The molecule has 1 aromatic heterocycles. The zero-order chi connectivity index (χ0) is 12.8. The molecule has 1 aromatic rings. The molecule has 1 atom stereocenters. The Morgan fingerprint density at radius 1 is 1.50 bits per heavy atom. The molecule has 2 heterocycles. The summed E-state index contributed by atoms with van der Waals surface area (Å²) < 4.78 is 5.80. The predicted octanol–water partition coefficient (Wildman–Crippen LogP) is 2.06. The summed E-state index contributed by atoms with van der Waals surface area (Å²) >= 11 is 0. The number of ether oxygens (including phenoxy) is 1. The van der Waals surface area contributed by atoms with Gasteiger partial charge in [-0.15, -0.1) is 0 Å². The van der Waals surface area contributed by atoms with Crippen molar-refractivity contribution in [1.82, 2.24) is 10.3 Å². The molecule has 1 unspecified atom stereocenters. The van der Waals surface area contributed by atoms with E-state index in [4.69, 9.17) is 4.74 Å². The molecule has 0 radical (unpaired) electrons. The Kier molecular flexibility index (Phi) is 4.81. The van der Waals surface area contributed by atoms with Crippen LogP contribution >= 0.6 is 0 Å². The number of nitrogens with one attached hydrogen (secondary N) is 1. The highest BCUT2D eigenvalue weighted by atomic mass is 16.5. The zero-order valence-corrected chi connectivity index (χ0v) is 11.4. The molecule has 4 nitrogen and oxygen atoms in total. The first-order valence-electron chi connectivity index (χ1n) is 6.92. The lowest BCUT2D eigenvalue weighted by Crippen LogP contribution is -2.37. The molecule has 100 valence electrons. The van der Waals surface area contributed by atoms with E-state index in [0.29, 0.717) is 6.04 Å². The van der Waals surface area contributed by atoms with Crippen molar-refractivity contribution in [3.8, 4) is 5.75 Å². The topological polar surface area (TPSA) is 37.4 Å². The standard InChI is InChI=1S/C14H23N3O/c1-3-10-18-13-6-5-8-16-14(13)17(4-2)12-7-9-15-11-12/h5-6,8,12,15H,3-4,7,9-11H2,1-2H3. The van der Waals surface area contributed by atoms with Gasteiger partial charge in [-0.05, 0) is 38.4 Å². The van der Waals surface area contributed by atoms with E-state index in [1.54, 1.807) is 0 Å². The molecule has 1 N–H and O–H groups in total. The molecule has 0 aliphatic carbocycles. The van der Waals surface area contributed by atoms with Gasteiger partial charge in [-0.2, -0.15) is 0 Å². The van der Waals surface area contributed by atoms with Crippen molar-refractivity contribution in [1.29, 1.82) is 0 Å². The highest BCUT2D eigenvalue weighted by Crippen LogP contribution is 2.28. The van der Waals surface area contributed by atoms with E-state index in [0.717, 1.165) is 44.2 Å². The molecular formula is C14H23N3O. The van der Waals surface area contributed by atoms with E-state index in [1.165, 1.54) is 6.42 Å². The fraction of sp³-hybridized carbons (Fsp3) is 0.643. The van der Waals surface area contributed by atoms with Gasteiger partial charge in [0.05, 0.1) is 6.61 Å². The quantitative estimate of drug-likeness (QED) is 0.837. The fourth-order valence-corrected chi connectivity index (χ4v) is 2.41. The summed E-state index contributed by atoms with van der Waals surface area (Å²) in [4.78, 5) is 6.87. The average molecular weight is 249 g/mol. The van der Waals surface area contributed by atoms with Gasteiger partial charge in [-0.1, -0.05) is 6.92 Å². The first-order chi connectivity index (χ1) is 8.86. The predicted molar refractivity (Wildman–Crippen MR) is 74.3 cm³/mol. The summed E-state index contributed by atoms with van der Waals surface area (Å²) in [5, 5.41) is 3.41. The van der Waals surface area contributed by atoms with Gasteiger partial charge in [0.15, 0.2) is 11.6 Å². The zero-order valence-electron chi connectivity index (χ0n) is 11.4. The van der Waals surface area contributed by atoms with Crippen molar-refractivity contribution in [2.45, 2.75) is 32.7 Å². The Hall–Kier alpha value is -1.29. The van der Waals surface area contributed by atoms with Crippen molar-refractivity contribution >= 4 is 5.82 Å². The van der Waals surface area contributed by atoms with Crippen molar-refractivity contribution in [2.75, 3.05) is 31.1 Å². The Balaban J connectivity index is 2.17. The number of pyridine rings is 1. The average Bonchev–Trinajstić information content (AvgIpc) is 2.92. The van der Waals surface area contributed by atoms with E-state index < -0.39 is 0 Å². The number of nitrogens with zero attached hydrogens (tertiary/aromatic N) is 2. The highest BCUT2D eigenvalue weighted by molar-refractivity contribution is 5.53. The minimum Gasteiger partial charge on any atom is -0.490 e. The summed E-state index contributed by atoms with van der Waals surface area (Å²) in [6, 6.07) is 4.49. The molecule has 0 aromatic carbocycles. The van der Waals surface area contributed by atoms with Crippen LogP contribution in [0.15, 0.2) is 18.3 Å². The smallest absolute Gasteiger partial charge is 0.171 e. The third kappa shape index (κ3) is 2.93. The van der Waals surface area contributed by atoms with Gasteiger partial charge >= 0.3 is 0 Å². The number of likely N-dealkylation sites (N-methyl/N-ethyl adjacent to an activating group) is 1. The summed E-state index contributed by atoms with van der Waals surface area (Å²) in [6.07, 6.45) is 4.04. The van der Waals surface area contributed by atoms with Crippen LogP contribution in [0, 0.1) is 0 Å². The first-order valence-corrected chi connectivity index (χ1v) is 6.92. The maximum absolute atomic E-state index is 5.80. The molecule has 1 fully saturated rings.